The number of anilines is 1. The number of rotatable bonds is 5. The summed E-state index contributed by atoms with van der Waals surface area (Å²) in [5.74, 6) is -0.913. The van der Waals surface area contributed by atoms with E-state index >= 15 is 0 Å². The number of hydrogen-bond donors (Lipinski definition) is 2. The van der Waals surface area contributed by atoms with Crippen molar-refractivity contribution in [2.45, 2.75) is 12.5 Å². The number of carbonyl (C=O) groups excluding carboxylic acids is 3. The van der Waals surface area contributed by atoms with Gasteiger partial charge in [-0.2, -0.15) is 0 Å². The molecule has 0 aliphatic carbocycles. The van der Waals surface area contributed by atoms with Crippen LogP contribution in [-0.4, -0.2) is 48.5 Å². The number of imide groups is 1. The largest absolute Gasteiger partial charge is 0.382 e. The average molecular weight is 291 g/mol. The number of para-hydroxylation sites is 1. The van der Waals surface area contributed by atoms with Gasteiger partial charge in [-0.1, -0.05) is 18.2 Å². The van der Waals surface area contributed by atoms with Crippen LogP contribution in [0.3, 0.4) is 0 Å². The molecular formula is C14H17N3O4. The molecule has 1 saturated heterocycles. The first-order valence-corrected chi connectivity index (χ1v) is 6.44. The Hall–Kier alpha value is -2.41. The van der Waals surface area contributed by atoms with Gasteiger partial charge in [-0.25, -0.2) is 4.79 Å². The molecule has 2 N–H and O–H groups in total. The van der Waals surface area contributed by atoms with E-state index in [4.69, 9.17) is 4.74 Å². The number of nitrogens with one attached hydrogen (secondary N) is 2. The summed E-state index contributed by atoms with van der Waals surface area (Å²) in [4.78, 5) is 36.8. The second-order valence-corrected chi connectivity index (χ2v) is 5.00. The second kappa shape index (κ2) is 5.92. The fourth-order valence-electron chi connectivity index (χ4n) is 2.14. The van der Waals surface area contributed by atoms with Crippen LogP contribution in [0.25, 0.3) is 0 Å². The lowest BCUT2D eigenvalue weighted by Gasteiger charge is -2.20. The fourth-order valence-corrected chi connectivity index (χ4v) is 2.14. The molecular weight excluding hydrogens is 274 g/mol. The van der Waals surface area contributed by atoms with E-state index in [1.807, 2.05) is 6.07 Å². The zero-order chi connectivity index (χ0) is 15.5. The second-order valence-electron chi connectivity index (χ2n) is 5.00. The molecule has 0 spiro atoms. The minimum Gasteiger partial charge on any atom is -0.382 e. The maximum Gasteiger partial charge on any atom is 0.325 e. The van der Waals surface area contributed by atoms with Gasteiger partial charge in [0.25, 0.3) is 5.91 Å². The summed E-state index contributed by atoms with van der Waals surface area (Å²) >= 11 is 0. The summed E-state index contributed by atoms with van der Waals surface area (Å²) in [5.41, 5.74) is -0.520. The van der Waals surface area contributed by atoms with E-state index in [1.165, 1.54) is 7.11 Å². The van der Waals surface area contributed by atoms with Crippen LogP contribution < -0.4 is 10.6 Å². The third-order valence-corrected chi connectivity index (χ3v) is 3.14. The molecule has 2 rings (SSSR count). The number of amides is 4. The summed E-state index contributed by atoms with van der Waals surface area (Å²) < 4.78 is 4.93. The smallest absolute Gasteiger partial charge is 0.325 e. The Balaban J connectivity index is 2.01. The molecule has 21 heavy (non-hydrogen) atoms. The van der Waals surface area contributed by atoms with Gasteiger partial charge in [0.05, 0.1) is 6.61 Å². The first-order chi connectivity index (χ1) is 9.96. The van der Waals surface area contributed by atoms with Crippen molar-refractivity contribution in [2.75, 3.05) is 25.6 Å². The van der Waals surface area contributed by atoms with E-state index in [0.29, 0.717) is 5.69 Å². The van der Waals surface area contributed by atoms with E-state index in [1.54, 1.807) is 31.2 Å². The van der Waals surface area contributed by atoms with E-state index in [9.17, 15) is 14.4 Å². The first-order valence-electron chi connectivity index (χ1n) is 6.44. The molecule has 1 aromatic rings. The summed E-state index contributed by atoms with van der Waals surface area (Å²) in [6.45, 7) is 1.28. The van der Waals surface area contributed by atoms with E-state index in [0.717, 1.165) is 4.90 Å². The lowest BCUT2D eigenvalue weighted by Crippen LogP contribution is -2.48. The summed E-state index contributed by atoms with van der Waals surface area (Å²) in [6.07, 6.45) is 0. The predicted octanol–water partition coefficient (Wildman–Crippen LogP) is 0.582. The molecule has 1 unspecified atom stereocenters. The van der Waals surface area contributed by atoms with Crippen molar-refractivity contribution in [1.29, 1.82) is 0 Å². The number of carbonyl (C=O) groups is 3. The molecule has 0 saturated carbocycles. The van der Waals surface area contributed by atoms with Crippen LogP contribution in [0.5, 0.6) is 0 Å². The molecule has 1 fully saturated rings. The van der Waals surface area contributed by atoms with E-state index < -0.39 is 23.4 Å². The number of urea groups is 1. The lowest BCUT2D eigenvalue weighted by atomic mass is 10.0. The molecule has 7 heteroatoms. The van der Waals surface area contributed by atoms with Crippen LogP contribution in [0.4, 0.5) is 10.5 Å². The summed E-state index contributed by atoms with van der Waals surface area (Å²) in [7, 11) is 1.44. The fraction of sp³-hybridized carbons (Fsp3) is 0.357. The van der Waals surface area contributed by atoms with Crippen molar-refractivity contribution in [1.82, 2.24) is 10.2 Å². The highest BCUT2D eigenvalue weighted by molar-refractivity contribution is 6.10. The maximum absolute atomic E-state index is 12.2. The summed E-state index contributed by atoms with van der Waals surface area (Å²) in [5, 5.41) is 5.16. The maximum atomic E-state index is 12.2. The van der Waals surface area contributed by atoms with Gasteiger partial charge in [0.1, 0.15) is 12.1 Å². The van der Waals surface area contributed by atoms with Crippen molar-refractivity contribution < 1.29 is 19.1 Å². The Morgan fingerprint density at radius 2 is 2.00 bits per heavy atom. The van der Waals surface area contributed by atoms with Gasteiger partial charge < -0.3 is 15.4 Å². The van der Waals surface area contributed by atoms with Gasteiger partial charge in [0.2, 0.25) is 5.91 Å². The topological polar surface area (TPSA) is 87.7 Å². The zero-order valence-electron chi connectivity index (χ0n) is 11.9. The van der Waals surface area contributed by atoms with Crippen molar-refractivity contribution in [2.24, 2.45) is 0 Å². The molecule has 0 radical (unpaired) electrons. The third-order valence-electron chi connectivity index (χ3n) is 3.14. The molecule has 1 atom stereocenters. The zero-order valence-corrected chi connectivity index (χ0v) is 11.9. The molecule has 1 heterocycles. The van der Waals surface area contributed by atoms with Crippen LogP contribution in [0.15, 0.2) is 30.3 Å². The molecule has 1 aliphatic rings. The minimum absolute atomic E-state index is 0.0500. The van der Waals surface area contributed by atoms with Crippen LogP contribution >= 0.6 is 0 Å². The highest BCUT2D eigenvalue weighted by Crippen LogP contribution is 2.18. The first kappa shape index (κ1) is 15.0. The van der Waals surface area contributed by atoms with Crippen molar-refractivity contribution in [3.63, 3.8) is 0 Å². The van der Waals surface area contributed by atoms with Gasteiger partial charge in [-0.3, -0.25) is 14.5 Å². The van der Waals surface area contributed by atoms with Crippen LogP contribution in [0.1, 0.15) is 6.92 Å². The van der Waals surface area contributed by atoms with Crippen molar-refractivity contribution in [3.8, 4) is 0 Å². The number of benzene rings is 1. The molecule has 112 valence electrons. The number of nitrogens with zero attached hydrogens (tertiary/aromatic N) is 1. The Labute approximate surface area is 122 Å². The Morgan fingerprint density at radius 3 is 2.62 bits per heavy atom. The van der Waals surface area contributed by atoms with Gasteiger partial charge in [-0.15, -0.1) is 0 Å². The van der Waals surface area contributed by atoms with E-state index in [2.05, 4.69) is 10.6 Å². The summed E-state index contributed by atoms with van der Waals surface area (Å²) in [6, 6.07) is 8.22. The monoisotopic (exact) mass is 291 g/mol. The van der Waals surface area contributed by atoms with Crippen LogP contribution in [-0.2, 0) is 14.3 Å². The number of ether oxygens (including phenoxy) is 1. The molecule has 4 amide bonds. The molecule has 0 bridgehead atoms. The third kappa shape index (κ3) is 3.19. The molecule has 7 nitrogen and oxygen atoms in total. The van der Waals surface area contributed by atoms with E-state index in [-0.39, 0.29) is 13.2 Å². The standard InChI is InChI=1S/C14H17N3O4/c1-14(9-21-2)12(19)17(13(20)16-14)8-11(18)15-10-6-4-3-5-7-10/h3-7H,8-9H2,1-2H3,(H,15,18)(H,16,20). The quantitative estimate of drug-likeness (QED) is 0.777. The van der Waals surface area contributed by atoms with Crippen molar-refractivity contribution in [3.05, 3.63) is 30.3 Å². The van der Waals surface area contributed by atoms with Gasteiger partial charge in [-0.05, 0) is 19.1 Å². The Kier molecular flexibility index (Phi) is 4.23. The highest BCUT2D eigenvalue weighted by atomic mass is 16.5. The lowest BCUT2D eigenvalue weighted by molar-refractivity contribution is -0.134. The SMILES string of the molecule is COCC1(C)NC(=O)N(CC(=O)Nc2ccccc2)C1=O. The Morgan fingerprint density at radius 1 is 1.33 bits per heavy atom. The predicted molar refractivity (Wildman–Crippen MR) is 75.6 cm³/mol. The van der Waals surface area contributed by atoms with Crippen LogP contribution in [0.2, 0.25) is 0 Å². The number of hydrogen-bond acceptors (Lipinski definition) is 4. The van der Waals surface area contributed by atoms with Crippen molar-refractivity contribution >= 4 is 23.5 Å². The minimum atomic E-state index is -1.13. The average Bonchev–Trinajstić information content (AvgIpc) is 2.64. The highest BCUT2D eigenvalue weighted by Gasteiger charge is 2.48. The molecule has 1 aliphatic heterocycles. The van der Waals surface area contributed by atoms with Gasteiger partial charge in [0.15, 0.2) is 0 Å². The Bertz CT molecular complexity index is 561. The normalized spacial score (nSPS) is 21.3. The molecule has 1 aromatic carbocycles. The number of methoxy groups -OCH3 is 1. The van der Waals surface area contributed by atoms with Gasteiger partial charge in [0, 0.05) is 12.8 Å². The molecule has 0 aromatic heterocycles. The van der Waals surface area contributed by atoms with Crippen LogP contribution in [0, 0.1) is 0 Å². The van der Waals surface area contributed by atoms with Gasteiger partial charge >= 0.3 is 6.03 Å².